The minimum Gasteiger partial charge on any atom is -0.462 e. The topological polar surface area (TPSA) is 52.6 Å². The van der Waals surface area contributed by atoms with Crippen molar-refractivity contribution in [3.63, 3.8) is 0 Å². The summed E-state index contributed by atoms with van der Waals surface area (Å²) in [5, 5.41) is 0. The zero-order valence-corrected chi connectivity index (χ0v) is 23.2. The number of hydrogen-bond donors (Lipinski definition) is 0. The molecule has 2 rings (SSSR count). The van der Waals surface area contributed by atoms with Crippen LogP contribution in [0.25, 0.3) is 0 Å². The van der Waals surface area contributed by atoms with E-state index in [1.165, 1.54) is 24.7 Å². The summed E-state index contributed by atoms with van der Waals surface area (Å²) in [4.78, 5) is 0.0303. The second-order valence-electron chi connectivity index (χ2n) is 6.51. The van der Waals surface area contributed by atoms with Gasteiger partial charge in [-0.3, -0.25) is 0 Å². The predicted molar refractivity (Wildman–Crippen MR) is 129 cm³/mol. The van der Waals surface area contributed by atoms with Gasteiger partial charge >= 0.3 is 0 Å². The van der Waals surface area contributed by atoms with Crippen molar-refractivity contribution in [3.8, 4) is 11.5 Å². The first-order valence-electron chi connectivity index (χ1n) is 8.28. The van der Waals surface area contributed by atoms with Crippen molar-refractivity contribution in [1.29, 1.82) is 0 Å². The molecule has 156 valence electrons. The van der Waals surface area contributed by atoms with Crippen molar-refractivity contribution < 1.29 is 17.9 Å². The number of sulfone groups is 1. The zero-order chi connectivity index (χ0) is 21.9. The van der Waals surface area contributed by atoms with E-state index in [1.807, 2.05) is 27.7 Å². The van der Waals surface area contributed by atoms with Crippen molar-refractivity contribution in [3.05, 3.63) is 65.8 Å². The lowest BCUT2D eigenvalue weighted by atomic mass is 10.3. The van der Waals surface area contributed by atoms with Gasteiger partial charge in [0.25, 0.3) is 0 Å². The zero-order valence-electron chi connectivity index (χ0n) is 16.0. The molecule has 0 saturated carbocycles. The first kappa shape index (κ1) is 24.7. The van der Waals surface area contributed by atoms with Gasteiger partial charge in [0.15, 0.2) is 11.5 Å². The van der Waals surface area contributed by atoms with Crippen LogP contribution in [0.1, 0.15) is 27.7 Å². The minimum atomic E-state index is -3.98. The molecule has 0 spiro atoms. The van der Waals surface area contributed by atoms with Crippen LogP contribution in [0.4, 0.5) is 0 Å². The number of halogens is 4. The molecule has 0 unspecified atom stereocenters. The molecule has 0 bridgehead atoms. The molecule has 2 aromatic carbocycles. The third-order valence-electron chi connectivity index (χ3n) is 3.43. The van der Waals surface area contributed by atoms with Crippen LogP contribution >= 0.6 is 63.7 Å². The van der Waals surface area contributed by atoms with Crippen molar-refractivity contribution in [2.24, 2.45) is 0 Å². The smallest absolute Gasteiger partial charge is 0.214 e. The minimum absolute atomic E-state index is 0.0151. The fourth-order valence-corrected chi connectivity index (χ4v) is 5.43. The number of ether oxygens (including phenoxy) is 2. The summed E-state index contributed by atoms with van der Waals surface area (Å²) in [5.74, 6) is 0.376. The van der Waals surface area contributed by atoms with Gasteiger partial charge in [0, 0.05) is 8.95 Å². The Labute approximate surface area is 204 Å². The molecule has 0 aliphatic heterocycles. The molecule has 0 saturated heterocycles. The van der Waals surface area contributed by atoms with Gasteiger partial charge in [-0.1, -0.05) is 0 Å². The molecule has 4 nitrogen and oxygen atoms in total. The standard InChI is InChI=1S/C20H18Br4O4S/c1-11(2)9-27-19-15(7-5-13(21)17(19)23)29(25,26)16-8-6-14(22)18(24)20(16)28-10-12(3)4/h5-10H,1-4H3. The molecule has 0 atom stereocenters. The quantitative estimate of drug-likeness (QED) is 0.291. The fourth-order valence-electron chi connectivity index (χ4n) is 2.14. The van der Waals surface area contributed by atoms with Crippen molar-refractivity contribution in [2.75, 3.05) is 0 Å². The summed E-state index contributed by atoms with van der Waals surface area (Å²) in [7, 11) is -3.98. The Balaban J connectivity index is 2.78. The van der Waals surface area contributed by atoms with Gasteiger partial charge in [0.2, 0.25) is 9.84 Å². The highest BCUT2D eigenvalue weighted by atomic mass is 79.9. The van der Waals surface area contributed by atoms with Crippen molar-refractivity contribution in [2.45, 2.75) is 37.5 Å². The van der Waals surface area contributed by atoms with E-state index in [1.54, 1.807) is 12.1 Å². The molecule has 0 fully saturated rings. The normalized spacial score (nSPS) is 11.0. The maximum absolute atomic E-state index is 13.6. The third-order valence-corrected chi connectivity index (χ3v) is 9.19. The highest BCUT2D eigenvalue weighted by Crippen LogP contribution is 2.45. The van der Waals surface area contributed by atoms with Crippen LogP contribution < -0.4 is 9.47 Å². The van der Waals surface area contributed by atoms with Crippen LogP contribution in [-0.4, -0.2) is 8.42 Å². The van der Waals surface area contributed by atoms with E-state index in [9.17, 15) is 8.42 Å². The number of benzene rings is 2. The van der Waals surface area contributed by atoms with E-state index in [0.717, 1.165) is 11.1 Å². The van der Waals surface area contributed by atoms with Crippen LogP contribution in [0.2, 0.25) is 0 Å². The second-order valence-corrected chi connectivity index (χ2v) is 11.7. The molecular weight excluding hydrogens is 656 g/mol. The number of allylic oxidation sites excluding steroid dienone is 2. The molecule has 0 heterocycles. The molecule has 29 heavy (non-hydrogen) atoms. The molecular formula is C20H18Br4O4S. The summed E-state index contributed by atoms with van der Waals surface area (Å²) < 4.78 is 41.0. The highest BCUT2D eigenvalue weighted by molar-refractivity contribution is 9.13. The Kier molecular flexibility index (Phi) is 8.61. The molecule has 0 radical (unpaired) electrons. The first-order valence-corrected chi connectivity index (χ1v) is 12.9. The van der Waals surface area contributed by atoms with E-state index in [2.05, 4.69) is 63.7 Å². The van der Waals surface area contributed by atoms with Gasteiger partial charge in [-0.05, 0) is 127 Å². The van der Waals surface area contributed by atoms with Gasteiger partial charge in [-0.15, -0.1) is 0 Å². The molecule has 0 aliphatic carbocycles. The molecule has 0 aliphatic rings. The Morgan fingerprint density at radius 2 is 1.07 bits per heavy atom. The SMILES string of the molecule is CC(C)=COc1c(S(=O)(=O)c2ccc(Br)c(Br)c2OC=C(C)C)ccc(Br)c1Br. The Morgan fingerprint density at radius 3 is 1.38 bits per heavy atom. The average Bonchev–Trinajstić information content (AvgIpc) is 2.63. The van der Waals surface area contributed by atoms with E-state index in [0.29, 0.717) is 17.9 Å². The van der Waals surface area contributed by atoms with Gasteiger partial charge in [-0.2, -0.15) is 0 Å². The van der Waals surface area contributed by atoms with Gasteiger partial charge in [0.05, 0.1) is 21.5 Å². The molecule has 0 aromatic heterocycles. The molecule has 2 aromatic rings. The predicted octanol–water partition coefficient (Wildman–Crippen LogP) is 8.17. The summed E-state index contributed by atoms with van der Waals surface area (Å²) in [6.45, 7) is 7.43. The summed E-state index contributed by atoms with van der Waals surface area (Å²) >= 11 is 13.6. The maximum Gasteiger partial charge on any atom is 0.214 e. The summed E-state index contributed by atoms with van der Waals surface area (Å²) in [6, 6.07) is 6.30. The maximum atomic E-state index is 13.6. The van der Waals surface area contributed by atoms with E-state index < -0.39 is 9.84 Å². The fraction of sp³-hybridized carbons (Fsp3) is 0.200. The Hall–Kier alpha value is -0.610. The average molecular weight is 674 g/mol. The van der Waals surface area contributed by atoms with Crippen molar-refractivity contribution in [1.82, 2.24) is 0 Å². The number of rotatable bonds is 6. The highest BCUT2D eigenvalue weighted by Gasteiger charge is 2.30. The van der Waals surface area contributed by atoms with E-state index in [-0.39, 0.29) is 21.3 Å². The van der Waals surface area contributed by atoms with Crippen LogP contribution in [-0.2, 0) is 9.84 Å². The summed E-state index contributed by atoms with van der Waals surface area (Å²) in [5.41, 5.74) is 1.78. The van der Waals surface area contributed by atoms with Crippen LogP contribution in [0.3, 0.4) is 0 Å². The number of hydrogen-bond acceptors (Lipinski definition) is 4. The lowest BCUT2D eigenvalue weighted by molar-refractivity contribution is 0.451. The van der Waals surface area contributed by atoms with E-state index in [4.69, 9.17) is 9.47 Å². The van der Waals surface area contributed by atoms with Gasteiger partial charge in [-0.25, -0.2) is 8.42 Å². The molecule has 0 amide bonds. The van der Waals surface area contributed by atoms with Crippen LogP contribution in [0.5, 0.6) is 11.5 Å². The van der Waals surface area contributed by atoms with Crippen molar-refractivity contribution >= 4 is 73.6 Å². The molecule has 9 heteroatoms. The lowest BCUT2D eigenvalue weighted by Crippen LogP contribution is -2.07. The Bertz CT molecular complexity index is 1020. The molecule has 0 N–H and O–H groups in total. The summed E-state index contributed by atoms with van der Waals surface area (Å²) in [6.07, 6.45) is 3.01. The monoisotopic (exact) mass is 670 g/mol. The van der Waals surface area contributed by atoms with Crippen LogP contribution in [0.15, 0.2) is 75.6 Å². The Morgan fingerprint density at radius 1 is 0.724 bits per heavy atom. The van der Waals surface area contributed by atoms with Gasteiger partial charge < -0.3 is 9.47 Å². The third kappa shape index (κ3) is 5.76. The largest absolute Gasteiger partial charge is 0.462 e. The lowest BCUT2D eigenvalue weighted by Gasteiger charge is -2.16. The second kappa shape index (κ2) is 10.1. The van der Waals surface area contributed by atoms with Crippen LogP contribution in [0, 0.1) is 0 Å². The van der Waals surface area contributed by atoms with E-state index >= 15 is 0 Å². The van der Waals surface area contributed by atoms with Gasteiger partial charge in [0.1, 0.15) is 9.79 Å². The first-order chi connectivity index (χ1) is 13.5.